The third-order valence-corrected chi connectivity index (χ3v) is 9.24. The summed E-state index contributed by atoms with van der Waals surface area (Å²) in [7, 11) is -3.39. The van der Waals surface area contributed by atoms with Crippen LogP contribution in [0.5, 0.6) is 0 Å². The maximum absolute atomic E-state index is 12.9. The fourth-order valence-electron chi connectivity index (χ4n) is 4.21. The second-order valence-corrected chi connectivity index (χ2v) is 11.4. The molecule has 0 saturated carbocycles. The Labute approximate surface area is 192 Å². The van der Waals surface area contributed by atoms with Gasteiger partial charge in [-0.15, -0.1) is 11.3 Å². The fraction of sp³-hybridized carbons (Fsp3) is 0.280. The monoisotopic (exact) mass is 466 g/mol. The first kappa shape index (κ1) is 21.4. The zero-order valence-corrected chi connectivity index (χ0v) is 19.7. The lowest BCUT2D eigenvalue weighted by Crippen LogP contribution is -2.34. The van der Waals surface area contributed by atoms with Gasteiger partial charge in [0.05, 0.1) is 6.54 Å². The molecule has 0 radical (unpaired) electrons. The molecule has 0 N–H and O–H groups in total. The van der Waals surface area contributed by atoms with Gasteiger partial charge in [-0.25, -0.2) is 8.42 Å². The minimum absolute atomic E-state index is 0.424. The molecule has 1 saturated heterocycles. The largest absolute Gasteiger partial charge is 0.460 e. The molecule has 0 bridgehead atoms. The molecule has 0 amide bonds. The molecule has 7 heteroatoms. The molecular weight excluding hydrogens is 440 g/mol. The number of nitrogens with zero attached hydrogens (tertiary/aromatic N) is 2. The smallest absolute Gasteiger partial charge is 0.252 e. The number of benzene rings is 2. The van der Waals surface area contributed by atoms with Crippen molar-refractivity contribution < 1.29 is 12.8 Å². The third kappa shape index (κ3) is 4.38. The first-order chi connectivity index (χ1) is 15.5. The third-order valence-electron chi connectivity index (χ3n) is 5.97. The van der Waals surface area contributed by atoms with Crippen LogP contribution in [0.15, 0.2) is 74.7 Å². The number of hydrogen-bond acceptors (Lipinski definition) is 5. The van der Waals surface area contributed by atoms with Crippen molar-refractivity contribution in [1.29, 1.82) is 0 Å². The summed E-state index contributed by atoms with van der Waals surface area (Å²) in [6, 6.07) is 20.4. The topological polar surface area (TPSA) is 53.8 Å². The molecule has 32 heavy (non-hydrogen) atoms. The number of fused-ring (bicyclic) bond motifs is 1. The van der Waals surface area contributed by atoms with Crippen molar-refractivity contribution in [2.24, 2.45) is 0 Å². The van der Waals surface area contributed by atoms with E-state index in [-0.39, 0.29) is 0 Å². The molecule has 1 fully saturated rings. The second kappa shape index (κ2) is 8.83. The van der Waals surface area contributed by atoms with Crippen molar-refractivity contribution in [1.82, 2.24) is 9.21 Å². The van der Waals surface area contributed by atoms with Crippen molar-refractivity contribution in [2.45, 2.75) is 24.1 Å². The van der Waals surface area contributed by atoms with Gasteiger partial charge in [0.25, 0.3) is 10.0 Å². The average molecular weight is 467 g/mol. The summed E-state index contributed by atoms with van der Waals surface area (Å²) in [5, 5.41) is 2.90. The number of sulfonamides is 1. The van der Waals surface area contributed by atoms with Gasteiger partial charge in [0.1, 0.15) is 15.6 Å². The van der Waals surface area contributed by atoms with E-state index in [0.717, 1.165) is 29.7 Å². The van der Waals surface area contributed by atoms with Gasteiger partial charge in [0.15, 0.2) is 0 Å². The molecule has 0 unspecified atom stereocenters. The zero-order valence-electron chi connectivity index (χ0n) is 18.0. The van der Waals surface area contributed by atoms with Crippen LogP contribution in [0.4, 0.5) is 0 Å². The quantitative estimate of drug-likeness (QED) is 0.397. The predicted molar refractivity (Wildman–Crippen MR) is 129 cm³/mol. The Morgan fingerprint density at radius 3 is 2.53 bits per heavy atom. The van der Waals surface area contributed by atoms with Crippen LogP contribution in [0.3, 0.4) is 0 Å². The van der Waals surface area contributed by atoms with Gasteiger partial charge in [-0.2, -0.15) is 4.31 Å². The standard InChI is InChI=1S/C25H26N2O3S2/c1-19-5-7-20(8-6-19)21-9-10-24-22(16-21)17-23(30-24)18-26-11-3-12-27(14-13-26)32(28,29)25-4-2-15-31-25/h2,4-10,15-17H,3,11-14,18H2,1H3. The summed E-state index contributed by atoms with van der Waals surface area (Å²) in [4.78, 5) is 2.28. The van der Waals surface area contributed by atoms with Gasteiger partial charge in [-0.3, -0.25) is 4.90 Å². The van der Waals surface area contributed by atoms with Crippen molar-refractivity contribution in [3.63, 3.8) is 0 Å². The van der Waals surface area contributed by atoms with Gasteiger partial charge in [-0.05, 0) is 60.7 Å². The van der Waals surface area contributed by atoms with E-state index in [2.05, 4.69) is 54.3 Å². The highest BCUT2D eigenvalue weighted by molar-refractivity contribution is 7.91. The van der Waals surface area contributed by atoms with E-state index in [1.807, 2.05) is 11.4 Å². The Kier molecular flexibility index (Phi) is 5.90. The molecule has 0 atom stereocenters. The maximum Gasteiger partial charge on any atom is 0.252 e. The van der Waals surface area contributed by atoms with E-state index in [4.69, 9.17) is 4.42 Å². The molecule has 3 heterocycles. The number of aryl methyl sites for hydroxylation is 1. The Morgan fingerprint density at radius 2 is 1.75 bits per heavy atom. The summed E-state index contributed by atoms with van der Waals surface area (Å²) in [5.41, 5.74) is 4.50. The van der Waals surface area contributed by atoms with Crippen LogP contribution in [-0.4, -0.2) is 43.8 Å². The van der Waals surface area contributed by atoms with E-state index in [9.17, 15) is 8.42 Å². The molecule has 2 aromatic carbocycles. The van der Waals surface area contributed by atoms with E-state index >= 15 is 0 Å². The van der Waals surface area contributed by atoms with Gasteiger partial charge >= 0.3 is 0 Å². The Bertz CT molecular complexity index is 1310. The summed E-state index contributed by atoms with van der Waals surface area (Å²) in [5.74, 6) is 0.913. The lowest BCUT2D eigenvalue weighted by atomic mass is 10.0. The predicted octanol–water partition coefficient (Wildman–Crippen LogP) is 5.37. The minimum atomic E-state index is -3.39. The normalized spacial score (nSPS) is 16.4. The molecule has 2 aromatic heterocycles. The SMILES string of the molecule is Cc1ccc(-c2ccc3oc(CN4CCCN(S(=O)(=O)c5cccs5)CC4)cc3c2)cc1. The molecule has 5 rings (SSSR count). The molecule has 0 spiro atoms. The van der Waals surface area contributed by atoms with Crippen LogP contribution in [0.25, 0.3) is 22.1 Å². The van der Waals surface area contributed by atoms with Gasteiger partial charge in [-0.1, -0.05) is 42.0 Å². The Morgan fingerprint density at radius 1 is 0.938 bits per heavy atom. The first-order valence-electron chi connectivity index (χ1n) is 10.8. The van der Waals surface area contributed by atoms with Crippen LogP contribution >= 0.6 is 11.3 Å². The zero-order chi connectivity index (χ0) is 22.1. The van der Waals surface area contributed by atoms with Crippen LogP contribution in [0.2, 0.25) is 0 Å². The van der Waals surface area contributed by atoms with E-state index in [1.54, 1.807) is 16.4 Å². The lowest BCUT2D eigenvalue weighted by molar-refractivity contribution is 0.258. The minimum Gasteiger partial charge on any atom is -0.460 e. The lowest BCUT2D eigenvalue weighted by Gasteiger charge is -2.20. The Hall–Kier alpha value is -2.45. The van der Waals surface area contributed by atoms with E-state index < -0.39 is 10.0 Å². The molecule has 0 aliphatic carbocycles. The maximum atomic E-state index is 12.9. The van der Waals surface area contributed by atoms with Crippen LogP contribution in [-0.2, 0) is 16.6 Å². The molecule has 1 aliphatic heterocycles. The summed E-state index contributed by atoms with van der Waals surface area (Å²) in [6.07, 6.45) is 0.808. The number of hydrogen-bond donors (Lipinski definition) is 0. The molecule has 4 aromatic rings. The summed E-state index contributed by atoms with van der Waals surface area (Å²) >= 11 is 1.28. The van der Waals surface area contributed by atoms with Crippen molar-refractivity contribution in [2.75, 3.05) is 26.2 Å². The number of furan rings is 1. The van der Waals surface area contributed by atoms with Crippen LogP contribution < -0.4 is 0 Å². The number of rotatable bonds is 5. The highest BCUT2D eigenvalue weighted by atomic mass is 32.2. The molecule has 5 nitrogen and oxygen atoms in total. The van der Waals surface area contributed by atoms with Crippen molar-refractivity contribution >= 4 is 32.3 Å². The molecule has 1 aliphatic rings. The first-order valence-corrected chi connectivity index (χ1v) is 13.2. The summed E-state index contributed by atoms with van der Waals surface area (Å²) in [6.45, 7) is 5.36. The van der Waals surface area contributed by atoms with E-state index in [0.29, 0.717) is 30.4 Å². The summed E-state index contributed by atoms with van der Waals surface area (Å²) < 4.78 is 33.8. The van der Waals surface area contributed by atoms with Gasteiger partial charge in [0.2, 0.25) is 0 Å². The van der Waals surface area contributed by atoms with E-state index in [1.165, 1.54) is 28.0 Å². The highest BCUT2D eigenvalue weighted by Gasteiger charge is 2.27. The second-order valence-electron chi connectivity index (χ2n) is 8.30. The van der Waals surface area contributed by atoms with Crippen molar-refractivity contribution in [3.8, 4) is 11.1 Å². The Balaban J connectivity index is 1.29. The van der Waals surface area contributed by atoms with Crippen LogP contribution in [0.1, 0.15) is 17.7 Å². The van der Waals surface area contributed by atoms with Crippen LogP contribution in [0, 0.1) is 6.92 Å². The average Bonchev–Trinajstić information content (AvgIpc) is 3.40. The fourth-order valence-corrected chi connectivity index (χ4v) is 6.82. The van der Waals surface area contributed by atoms with Gasteiger partial charge < -0.3 is 4.42 Å². The molecule has 166 valence electrons. The van der Waals surface area contributed by atoms with Crippen molar-refractivity contribution in [3.05, 3.63) is 77.4 Å². The highest BCUT2D eigenvalue weighted by Crippen LogP contribution is 2.28. The molecular formula is C25H26N2O3S2. The van der Waals surface area contributed by atoms with Gasteiger partial charge in [0, 0.05) is 25.0 Å². The number of thiophene rings is 1.